The van der Waals surface area contributed by atoms with E-state index in [1.807, 2.05) is 24.3 Å². The van der Waals surface area contributed by atoms with Crippen LogP contribution < -0.4 is 0 Å². The van der Waals surface area contributed by atoms with Gasteiger partial charge in [-0.15, -0.1) is 0 Å². The molecule has 0 spiro atoms. The van der Waals surface area contributed by atoms with Crippen LogP contribution in [-0.4, -0.2) is 29.7 Å². The Kier molecular flexibility index (Phi) is 5.00. The van der Waals surface area contributed by atoms with Crippen LogP contribution in [0.4, 0.5) is 0 Å². The van der Waals surface area contributed by atoms with Crippen molar-refractivity contribution in [3.63, 3.8) is 0 Å². The van der Waals surface area contributed by atoms with Crippen LogP contribution in [0.5, 0.6) is 0 Å². The van der Waals surface area contributed by atoms with Crippen LogP contribution in [0.25, 0.3) is 0 Å². The molecule has 1 saturated heterocycles. The van der Waals surface area contributed by atoms with Crippen LogP contribution in [0.2, 0.25) is 0 Å². The van der Waals surface area contributed by atoms with Gasteiger partial charge in [-0.1, -0.05) is 31.1 Å². The smallest absolute Gasteiger partial charge is 0.337 e. The standard InChI is InChI=1S/C19H24N2O3/c1-13(2)16-11-18(24-20-16)17-5-4-10-21(17)12-14-6-8-15(9-7-14)19(22)23-3/h6-9,11,13,17H,4-5,10,12H2,1-3H3/t17-/m0/s1. The highest BCUT2D eigenvalue weighted by Crippen LogP contribution is 2.34. The van der Waals surface area contributed by atoms with E-state index in [4.69, 9.17) is 9.26 Å². The van der Waals surface area contributed by atoms with Crippen molar-refractivity contribution in [2.75, 3.05) is 13.7 Å². The van der Waals surface area contributed by atoms with E-state index >= 15 is 0 Å². The normalized spacial score (nSPS) is 18.2. The Hall–Kier alpha value is -2.14. The molecular formula is C19H24N2O3. The Morgan fingerprint density at radius 3 is 2.75 bits per heavy atom. The second-order valence-electron chi connectivity index (χ2n) is 6.63. The lowest BCUT2D eigenvalue weighted by molar-refractivity contribution is 0.0600. The molecule has 128 valence electrons. The predicted molar refractivity (Wildman–Crippen MR) is 90.8 cm³/mol. The average Bonchev–Trinajstić information content (AvgIpc) is 3.23. The van der Waals surface area contributed by atoms with Gasteiger partial charge in [0, 0.05) is 12.6 Å². The minimum atomic E-state index is -0.302. The summed E-state index contributed by atoms with van der Waals surface area (Å²) in [7, 11) is 1.40. The van der Waals surface area contributed by atoms with Crippen molar-refractivity contribution in [1.82, 2.24) is 10.1 Å². The lowest BCUT2D eigenvalue weighted by Gasteiger charge is -2.22. The van der Waals surface area contributed by atoms with Crippen molar-refractivity contribution in [3.05, 3.63) is 52.9 Å². The SMILES string of the molecule is COC(=O)c1ccc(CN2CCC[C@H]2c2cc(C(C)C)no2)cc1. The van der Waals surface area contributed by atoms with Crippen LogP contribution in [0, 0.1) is 0 Å². The van der Waals surface area contributed by atoms with E-state index in [0.717, 1.165) is 37.4 Å². The van der Waals surface area contributed by atoms with Crippen molar-refractivity contribution >= 4 is 5.97 Å². The summed E-state index contributed by atoms with van der Waals surface area (Å²) < 4.78 is 10.3. The van der Waals surface area contributed by atoms with Gasteiger partial charge in [-0.05, 0) is 43.0 Å². The number of rotatable bonds is 5. The summed E-state index contributed by atoms with van der Waals surface area (Å²) in [6.07, 6.45) is 2.25. The van der Waals surface area contributed by atoms with Gasteiger partial charge in [0.25, 0.3) is 0 Å². The van der Waals surface area contributed by atoms with Gasteiger partial charge in [-0.3, -0.25) is 4.90 Å². The van der Waals surface area contributed by atoms with Gasteiger partial charge in [0.1, 0.15) is 0 Å². The molecule has 0 N–H and O–H groups in total. The summed E-state index contributed by atoms with van der Waals surface area (Å²) in [6.45, 7) is 6.12. The number of carbonyl (C=O) groups excluding carboxylic acids is 1. The number of aromatic nitrogens is 1. The maximum Gasteiger partial charge on any atom is 0.337 e. The summed E-state index contributed by atoms with van der Waals surface area (Å²) in [6, 6.07) is 9.98. The Morgan fingerprint density at radius 2 is 2.12 bits per heavy atom. The Labute approximate surface area is 142 Å². The second-order valence-corrected chi connectivity index (χ2v) is 6.63. The first-order valence-electron chi connectivity index (χ1n) is 8.46. The monoisotopic (exact) mass is 328 g/mol. The Balaban J connectivity index is 1.70. The maximum atomic E-state index is 11.5. The average molecular weight is 328 g/mol. The first-order valence-corrected chi connectivity index (χ1v) is 8.46. The van der Waals surface area contributed by atoms with Gasteiger partial charge < -0.3 is 9.26 Å². The summed E-state index contributed by atoms with van der Waals surface area (Å²) in [5.41, 5.74) is 2.77. The first-order chi connectivity index (χ1) is 11.6. The van der Waals surface area contributed by atoms with Gasteiger partial charge in [-0.2, -0.15) is 0 Å². The number of benzene rings is 1. The molecule has 1 aromatic carbocycles. The van der Waals surface area contributed by atoms with Crippen molar-refractivity contribution < 1.29 is 14.1 Å². The molecule has 2 heterocycles. The fourth-order valence-electron chi connectivity index (χ4n) is 3.17. The zero-order valence-electron chi connectivity index (χ0n) is 14.5. The molecule has 0 aliphatic carbocycles. The predicted octanol–water partition coefficient (Wildman–Crippen LogP) is 3.92. The molecule has 3 rings (SSSR count). The zero-order chi connectivity index (χ0) is 17.1. The van der Waals surface area contributed by atoms with Crippen LogP contribution >= 0.6 is 0 Å². The molecule has 1 aliphatic heterocycles. The number of hydrogen-bond acceptors (Lipinski definition) is 5. The fourth-order valence-corrected chi connectivity index (χ4v) is 3.17. The molecular weight excluding hydrogens is 304 g/mol. The molecule has 5 heteroatoms. The molecule has 0 radical (unpaired) electrons. The van der Waals surface area contributed by atoms with Crippen molar-refractivity contribution in [2.45, 2.75) is 45.2 Å². The quantitative estimate of drug-likeness (QED) is 0.779. The van der Waals surface area contributed by atoms with Crippen LogP contribution in [-0.2, 0) is 11.3 Å². The zero-order valence-corrected chi connectivity index (χ0v) is 14.5. The van der Waals surface area contributed by atoms with Crippen LogP contribution in [0.3, 0.4) is 0 Å². The van der Waals surface area contributed by atoms with E-state index in [2.05, 4.69) is 30.0 Å². The largest absolute Gasteiger partial charge is 0.465 e. The van der Waals surface area contributed by atoms with E-state index in [1.54, 1.807) is 0 Å². The minimum Gasteiger partial charge on any atom is -0.465 e. The highest BCUT2D eigenvalue weighted by molar-refractivity contribution is 5.89. The second kappa shape index (κ2) is 7.18. The lowest BCUT2D eigenvalue weighted by atomic mass is 10.1. The van der Waals surface area contributed by atoms with Gasteiger partial charge in [-0.25, -0.2) is 4.79 Å². The molecule has 1 atom stereocenters. The topological polar surface area (TPSA) is 55.6 Å². The number of likely N-dealkylation sites (tertiary alicyclic amines) is 1. The number of ether oxygens (including phenoxy) is 1. The molecule has 0 bridgehead atoms. The number of esters is 1. The highest BCUT2D eigenvalue weighted by Gasteiger charge is 2.29. The molecule has 1 fully saturated rings. The van der Waals surface area contributed by atoms with Crippen molar-refractivity contribution in [3.8, 4) is 0 Å². The molecule has 1 aromatic heterocycles. The number of hydrogen-bond donors (Lipinski definition) is 0. The van der Waals surface area contributed by atoms with E-state index in [1.165, 1.54) is 12.7 Å². The number of methoxy groups -OCH3 is 1. The third kappa shape index (κ3) is 3.51. The molecule has 0 unspecified atom stereocenters. The van der Waals surface area contributed by atoms with Crippen LogP contribution in [0.1, 0.15) is 66.0 Å². The minimum absolute atomic E-state index is 0.283. The lowest BCUT2D eigenvalue weighted by Crippen LogP contribution is -2.22. The van der Waals surface area contributed by atoms with Crippen molar-refractivity contribution in [2.24, 2.45) is 0 Å². The molecule has 24 heavy (non-hydrogen) atoms. The van der Waals surface area contributed by atoms with Gasteiger partial charge in [0.05, 0.1) is 24.4 Å². The van der Waals surface area contributed by atoms with E-state index in [0.29, 0.717) is 11.5 Å². The van der Waals surface area contributed by atoms with Gasteiger partial charge in [0.15, 0.2) is 5.76 Å². The van der Waals surface area contributed by atoms with Gasteiger partial charge in [0.2, 0.25) is 0 Å². The first kappa shape index (κ1) is 16.7. The summed E-state index contributed by atoms with van der Waals surface area (Å²) in [5, 5.41) is 4.19. The van der Waals surface area contributed by atoms with E-state index in [9.17, 15) is 4.79 Å². The van der Waals surface area contributed by atoms with E-state index in [-0.39, 0.29) is 12.0 Å². The number of nitrogens with zero attached hydrogens (tertiary/aromatic N) is 2. The molecule has 0 saturated carbocycles. The summed E-state index contributed by atoms with van der Waals surface area (Å²) in [4.78, 5) is 13.9. The molecule has 5 nitrogen and oxygen atoms in total. The molecule has 0 amide bonds. The third-order valence-electron chi connectivity index (χ3n) is 4.59. The summed E-state index contributed by atoms with van der Waals surface area (Å²) in [5.74, 6) is 1.04. The third-order valence-corrected chi connectivity index (χ3v) is 4.59. The van der Waals surface area contributed by atoms with Crippen LogP contribution in [0.15, 0.2) is 34.9 Å². The highest BCUT2D eigenvalue weighted by atomic mass is 16.5. The molecule has 1 aliphatic rings. The Bertz CT molecular complexity index is 691. The van der Waals surface area contributed by atoms with E-state index < -0.39 is 0 Å². The summed E-state index contributed by atoms with van der Waals surface area (Å²) >= 11 is 0. The molecule has 2 aromatic rings. The number of carbonyl (C=O) groups is 1. The Morgan fingerprint density at radius 1 is 1.38 bits per heavy atom. The fraction of sp³-hybridized carbons (Fsp3) is 0.474. The maximum absolute atomic E-state index is 11.5. The van der Waals surface area contributed by atoms with Gasteiger partial charge >= 0.3 is 5.97 Å². The van der Waals surface area contributed by atoms with Crippen molar-refractivity contribution in [1.29, 1.82) is 0 Å².